The molecule has 1 heterocycles. The maximum absolute atomic E-state index is 14.1. The van der Waals surface area contributed by atoms with Crippen LogP contribution in [0.3, 0.4) is 0 Å². The minimum absolute atomic E-state index is 0.0378. The predicted octanol–water partition coefficient (Wildman–Crippen LogP) is 3.08. The van der Waals surface area contributed by atoms with Gasteiger partial charge in [0, 0.05) is 0 Å². The van der Waals surface area contributed by atoms with Gasteiger partial charge in [-0.2, -0.15) is 5.10 Å². The van der Waals surface area contributed by atoms with E-state index >= 15 is 0 Å². The van der Waals surface area contributed by atoms with E-state index < -0.39 is 32.6 Å². The van der Waals surface area contributed by atoms with Crippen LogP contribution in [0.4, 0.5) is 8.78 Å². The Kier molecular flexibility index (Phi) is 3.56. The second-order valence-electron chi connectivity index (χ2n) is 7.72. The molecule has 2 aliphatic carbocycles. The number of hydrogen-bond acceptors (Lipinski definition) is 4. The van der Waals surface area contributed by atoms with Crippen molar-refractivity contribution < 1.29 is 17.2 Å². The van der Waals surface area contributed by atoms with Gasteiger partial charge in [0.15, 0.2) is 0 Å². The molecule has 1 saturated carbocycles. The summed E-state index contributed by atoms with van der Waals surface area (Å²) in [7, 11) is -3.48. The normalized spacial score (nSPS) is 26.1. The molecule has 2 aromatic rings. The second kappa shape index (κ2) is 5.29. The molecule has 0 unspecified atom stereocenters. The summed E-state index contributed by atoms with van der Waals surface area (Å²) in [5, 5.41) is 8.28. The van der Waals surface area contributed by atoms with Gasteiger partial charge in [-0.1, -0.05) is 19.9 Å². The van der Waals surface area contributed by atoms with Crippen LogP contribution in [0.25, 0.3) is 11.3 Å². The molecule has 1 aromatic heterocycles. The Morgan fingerprint density at radius 1 is 1.19 bits per heavy atom. The highest BCUT2D eigenvalue weighted by Crippen LogP contribution is 2.66. The number of benzene rings is 1. The molecule has 2 aliphatic rings. The average molecular weight is 379 g/mol. The monoisotopic (exact) mass is 379 g/mol. The molecule has 1 aromatic carbocycles. The molecule has 5 nitrogen and oxygen atoms in total. The van der Waals surface area contributed by atoms with E-state index in [1.165, 1.54) is 18.2 Å². The first-order valence-corrected chi connectivity index (χ1v) is 10.3. The Hall–Kier alpha value is -1.93. The molecule has 0 radical (unpaired) electrons. The molecule has 0 amide bonds. The lowest BCUT2D eigenvalue weighted by Crippen LogP contribution is -2.51. The van der Waals surface area contributed by atoms with Crippen LogP contribution in [-0.2, 0) is 15.6 Å². The van der Waals surface area contributed by atoms with Crippen molar-refractivity contribution in [2.75, 3.05) is 6.26 Å². The van der Waals surface area contributed by atoms with Crippen molar-refractivity contribution >= 4 is 10.0 Å². The fourth-order valence-electron chi connectivity index (χ4n) is 4.72. The molecule has 0 spiro atoms. The molecule has 0 saturated heterocycles. The van der Waals surface area contributed by atoms with Crippen molar-refractivity contribution in [3.8, 4) is 11.3 Å². The molecule has 1 fully saturated rings. The zero-order valence-corrected chi connectivity index (χ0v) is 15.5. The van der Waals surface area contributed by atoms with Crippen LogP contribution >= 0.6 is 0 Å². The van der Waals surface area contributed by atoms with Crippen LogP contribution in [0.5, 0.6) is 0 Å². The van der Waals surface area contributed by atoms with Crippen molar-refractivity contribution in [1.29, 1.82) is 0 Å². The minimum Gasteiger partial charge on any atom is -0.213 e. The summed E-state index contributed by atoms with van der Waals surface area (Å²) < 4.78 is 55.0. The third-order valence-corrected chi connectivity index (χ3v) is 6.68. The van der Waals surface area contributed by atoms with E-state index in [2.05, 4.69) is 14.9 Å². The number of nitrogens with zero attached hydrogens (tertiary/aromatic N) is 2. The van der Waals surface area contributed by atoms with Crippen LogP contribution in [-0.4, -0.2) is 24.9 Å². The van der Waals surface area contributed by atoms with Gasteiger partial charge >= 0.3 is 0 Å². The summed E-state index contributed by atoms with van der Waals surface area (Å²) in [6.45, 7) is 3.99. The molecule has 2 bridgehead atoms. The summed E-state index contributed by atoms with van der Waals surface area (Å²) in [6.07, 6.45) is 2.51. The second-order valence-corrected chi connectivity index (χ2v) is 9.47. The number of aromatic nitrogens is 2. The van der Waals surface area contributed by atoms with Crippen molar-refractivity contribution in [3.05, 3.63) is 47.2 Å². The molecule has 1 N–H and O–H groups in total. The number of rotatable bonds is 3. The van der Waals surface area contributed by atoms with Crippen molar-refractivity contribution in [3.63, 3.8) is 0 Å². The van der Waals surface area contributed by atoms with Crippen molar-refractivity contribution in [2.45, 2.75) is 38.1 Å². The Morgan fingerprint density at radius 3 is 2.46 bits per heavy atom. The molecule has 2 atom stereocenters. The van der Waals surface area contributed by atoms with Gasteiger partial charge in [-0.25, -0.2) is 21.9 Å². The predicted molar refractivity (Wildman–Crippen MR) is 92.8 cm³/mol. The van der Waals surface area contributed by atoms with Crippen LogP contribution in [0.2, 0.25) is 0 Å². The number of sulfonamides is 1. The number of hydrogen-bond donors (Lipinski definition) is 1. The quantitative estimate of drug-likeness (QED) is 0.890. The van der Waals surface area contributed by atoms with Crippen LogP contribution in [0.1, 0.15) is 43.9 Å². The van der Waals surface area contributed by atoms with Crippen LogP contribution < -0.4 is 4.72 Å². The minimum atomic E-state index is -3.48. The maximum atomic E-state index is 14.1. The van der Waals surface area contributed by atoms with Crippen molar-refractivity contribution in [1.82, 2.24) is 14.9 Å². The fraction of sp³-hybridized carbons (Fsp3) is 0.444. The van der Waals surface area contributed by atoms with E-state index in [0.29, 0.717) is 12.1 Å². The standard InChI is InChI=1S/C18H19F2N3O2S/c1-17(2)11-7-8-18(17,23-26(3,24)25)16-10(11)9-14(21-22-16)15-12(19)5-4-6-13(15)20/h4-6,9,11,23H,7-8H2,1-3H3/t11-,18-/m0/s1. The van der Waals surface area contributed by atoms with E-state index in [4.69, 9.17) is 0 Å². The van der Waals surface area contributed by atoms with Gasteiger partial charge in [0.05, 0.1) is 28.7 Å². The van der Waals surface area contributed by atoms with Gasteiger partial charge in [0.25, 0.3) is 0 Å². The van der Waals surface area contributed by atoms with E-state index in [-0.39, 0.29) is 17.2 Å². The van der Waals surface area contributed by atoms with E-state index in [1.807, 2.05) is 13.8 Å². The topological polar surface area (TPSA) is 72.0 Å². The summed E-state index contributed by atoms with van der Waals surface area (Å²) in [5.74, 6) is -1.37. The smallest absolute Gasteiger partial charge is 0.209 e. The summed E-state index contributed by atoms with van der Waals surface area (Å²) >= 11 is 0. The largest absolute Gasteiger partial charge is 0.213 e. The highest BCUT2D eigenvalue weighted by atomic mass is 32.2. The Labute approximate surface area is 150 Å². The summed E-state index contributed by atoms with van der Waals surface area (Å²) in [6, 6.07) is 5.30. The number of halogens is 2. The SMILES string of the molecule is CC1(C)[C@H]2CC[C@]1(NS(C)(=O)=O)c1nnc(-c3c(F)cccc3F)cc12. The van der Waals surface area contributed by atoms with Gasteiger partial charge < -0.3 is 0 Å². The Bertz CT molecular complexity index is 1000. The lowest BCUT2D eigenvalue weighted by Gasteiger charge is -2.37. The average Bonchev–Trinajstić information content (AvgIpc) is 2.86. The Morgan fingerprint density at radius 2 is 1.85 bits per heavy atom. The lowest BCUT2D eigenvalue weighted by atomic mass is 9.76. The molecule has 26 heavy (non-hydrogen) atoms. The highest BCUT2D eigenvalue weighted by molar-refractivity contribution is 7.88. The number of nitrogens with one attached hydrogen (secondary N) is 1. The lowest BCUT2D eigenvalue weighted by molar-refractivity contribution is 0.191. The first-order valence-electron chi connectivity index (χ1n) is 8.38. The van der Waals surface area contributed by atoms with Gasteiger partial charge in [-0.15, -0.1) is 5.10 Å². The third kappa shape index (κ3) is 2.24. The fourth-order valence-corrected chi connectivity index (χ4v) is 5.82. The van der Waals surface area contributed by atoms with E-state index in [0.717, 1.165) is 18.2 Å². The molecule has 138 valence electrons. The van der Waals surface area contributed by atoms with Gasteiger partial charge in [0.1, 0.15) is 11.6 Å². The van der Waals surface area contributed by atoms with Crippen molar-refractivity contribution in [2.24, 2.45) is 5.41 Å². The molecule has 4 rings (SSSR count). The van der Waals surface area contributed by atoms with Gasteiger partial charge in [-0.05, 0) is 47.9 Å². The Balaban J connectivity index is 1.91. The maximum Gasteiger partial charge on any atom is 0.209 e. The van der Waals surface area contributed by atoms with Crippen LogP contribution in [0.15, 0.2) is 24.3 Å². The first kappa shape index (κ1) is 17.5. The first-order chi connectivity index (χ1) is 12.1. The van der Waals surface area contributed by atoms with Crippen LogP contribution in [0, 0.1) is 17.0 Å². The third-order valence-electron chi connectivity index (χ3n) is 5.96. The van der Waals surface area contributed by atoms with E-state index in [1.54, 1.807) is 6.07 Å². The zero-order chi connectivity index (χ0) is 18.9. The summed E-state index contributed by atoms with van der Waals surface area (Å²) in [5.41, 5.74) is 0.0137. The highest BCUT2D eigenvalue weighted by Gasteiger charge is 2.64. The number of fused-ring (bicyclic) bond motifs is 5. The molecular weight excluding hydrogens is 360 g/mol. The van der Waals surface area contributed by atoms with Gasteiger partial charge in [0.2, 0.25) is 10.0 Å². The summed E-state index contributed by atoms with van der Waals surface area (Å²) in [4.78, 5) is 0. The molecule has 8 heteroatoms. The van der Waals surface area contributed by atoms with E-state index in [9.17, 15) is 17.2 Å². The zero-order valence-electron chi connectivity index (χ0n) is 14.7. The molecule has 0 aliphatic heterocycles. The molecular formula is C18H19F2N3O2S. The van der Waals surface area contributed by atoms with Gasteiger partial charge in [-0.3, -0.25) is 0 Å².